The summed E-state index contributed by atoms with van der Waals surface area (Å²) in [5.74, 6) is -4.06. The topological polar surface area (TPSA) is 88.2 Å². The first-order chi connectivity index (χ1) is 14.5. The van der Waals surface area contributed by atoms with E-state index >= 15 is 0 Å². The van der Waals surface area contributed by atoms with Gasteiger partial charge in [-0.15, -0.1) is 0 Å². The Balaban J connectivity index is 1.97. The second kappa shape index (κ2) is 8.78. The fraction of sp³-hybridized carbons (Fsp3) is 0.100. The summed E-state index contributed by atoms with van der Waals surface area (Å²) in [5.41, 5.74) is -0.665. The Morgan fingerprint density at radius 2 is 1.74 bits per heavy atom. The number of benzene rings is 2. The molecule has 11 heteroatoms. The number of halogens is 4. The normalized spacial score (nSPS) is 11.8. The predicted molar refractivity (Wildman–Crippen MR) is 115 cm³/mol. The average Bonchev–Trinajstić information content (AvgIpc) is 2.67. The molecule has 3 rings (SSSR count). The van der Waals surface area contributed by atoms with Crippen LogP contribution in [0.5, 0.6) is 0 Å². The highest BCUT2D eigenvalue weighted by Crippen LogP contribution is 2.35. The Morgan fingerprint density at radius 3 is 2.39 bits per heavy atom. The second-order valence-electron chi connectivity index (χ2n) is 6.51. The summed E-state index contributed by atoms with van der Waals surface area (Å²) < 4.78 is 55.4. The van der Waals surface area contributed by atoms with Crippen LogP contribution in [0.25, 0.3) is 0 Å². The van der Waals surface area contributed by atoms with E-state index in [4.69, 9.17) is 23.2 Å². The van der Waals surface area contributed by atoms with Crippen molar-refractivity contribution in [2.45, 2.75) is 17.7 Å². The van der Waals surface area contributed by atoms with Gasteiger partial charge in [-0.3, -0.25) is 9.52 Å². The first-order valence-corrected chi connectivity index (χ1v) is 10.9. The third kappa shape index (κ3) is 5.49. The first kappa shape index (κ1) is 22.9. The molecule has 0 fully saturated rings. The number of carbonyl (C=O) groups is 1. The molecule has 0 bridgehead atoms. The van der Waals surface area contributed by atoms with Gasteiger partial charge in [-0.25, -0.2) is 22.2 Å². The molecule has 0 saturated carbocycles. The van der Waals surface area contributed by atoms with Crippen LogP contribution < -0.4 is 10.0 Å². The summed E-state index contributed by atoms with van der Waals surface area (Å²) >= 11 is 11.7. The zero-order chi connectivity index (χ0) is 22.8. The van der Waals surface area contributed by atoms with Gasteiger partial charge in [0.05, 0.1) is 15.6 Å². The van der Waals surface area contributed by atoms with Crippen LogP contribution in [0.3, 0.4) is 0 Å². The van der Waals surface area contributed by atoms with Gasteiger partial charge in [-0.1, -0.05) is 41.4 Å². The van der Waals surface area contributed by atoms with Gasteiger partial charge in [0.1, 0.15) is 0 Å². The number of anilines is 2. The van der Waals surface area contributed by atoms with Crippen molar-refractivity contribution >= 4 is 50.5 Å². The van der Waals surface area contributed by atoms with E-state index in [1.54, 1.807) is 30.3 Å². The number of alkyl halides is 2. The van der Waals surface area contributed by atoms with Gasteiger partial charge in [0.15, 0.2) is 5.69 Å². The lowest BCUT2D eigenvalue weighted by Crippen LogP contribution is -2.20. The second-order valence-corrected chi connectivity index (χ2v) is 9.03. The highest BCUT2D eigenvalue weighted by molar-refractivity contribution is 7.92. The van der Waals surface area contributed by atoms with Crippen molar-refractivity contribution in [2.24, 2.45) is 0 Å². The molecule has 0 radical (unpaired) electrons. The van der Waals surface area contributed by atoms with E-state index in [1.807, 2.05) is 0 Å². The zero-order valence-corrected chi connectivity index (χ0v) is 18.2. The number of hydrogen-bond donors (Lipinski definition) is 2. The maximum Gasteiger partial charge on any atom is 0.276 e. The molecule has 31 heavy (non-hydrogen) atoms. The predicted octanol–water partition coefficient (Wildman–Crippen LogP) is 5.55. The van der Waals surface area contributed by atoms with Crippen LogP contribution in [-0.4, -0.2) is 19.3 Å². The van der Waals surface area contributed by atoms with Crippen molar-refractivity contribution in [2.75, 3.05) is 10.0 Å². The number of nitrogens with one attached hydrogen (secondary N) is 2. The van der Waals surface area contributed by atoms with Crippen molar-refractivity contribution < 1.29 is 22.0 Å². The number of sulfonamides is 1. The van der Waals surface area contributed by atoms with Gasteiger partial charge >= 0.3 is 0 Å². The summed E-state index contributed by atoms with van der Waals surface area (Å²) in [6.07, 6.45) is 1.18. The maximum atomic E-state index is 13.8. The molecule has 0 aliphatic carbocycles. The molecule has 1 heterocycles. The van der Waals surface area contributed by atoms with Crippen molar-refractivity contribution in [3.05, 3.63) is 82.1 Å². The van der Waals surface area contributed by atoms with Crippen molar-refractivity contribution in [1.29, 1.82) is 0 Å². The van der Waals surface area contributed by atoms with Crippen LogP contribution in [0.1, 0.15) is 23.0 Å². The molecule has 0 spiro atoms. The lowest BCUT2D eigenvalue weighted by atomic mass is 10.1. The summed E-state index contributed by atoms with van der Waals surface area (Å²) in [4.78, 5) is 16.1. The van der Waals surface area contributed by atoms with E-state index in [1.165, 1.54) is 12.3 Å². The monoisotopic (exact) mass is 485 g/mol. The molecule has 1 aromatic heterocycles. The van der Waals surface area contributed by atoms with Gasteiger partial charge < -0.3 is 5.32 Å². The van der Waals surface area contributed by atoms with Crippen molar-refractivity contribution in [3.63, 3.8) is 0 Å². The summed E-state index contributed by atoms with van der Waals surface area (Å²) in [7, 11) is -4.38. The van der Waals surface area contributed by atoms with E-state index in [-0.39, 0.29) is 21.4 Å². The fourth-order valence-corrected chi connectivity index (χ4v) is 4.15. The minimum Gasteiger partial charge on any atom is -0.321 e. The van der Waals surface area contributed by atoms with Crippen molar-refractivity contribution in [1.82, 2.24) is 4.98 Å². The Kier molecular flexibility index (Phi) is 6.49. The first-order valence-electron chi connectivity index (χ1n) is 8.70. The third-order valence-electron chi connectivity index (χ3n) is 4.07. The molecule has 0 aliphatic rings. The number of para-hydroxylation sites is 1. The molecule has 6 nitrogen and oxygen atoms in total. The molecular weight excluding hydrogens is 471 g/mol. The third-order valence-corrected chi connectivity index (χ3v) is 5.97. The van der Waals surface area contributed by atoms with E-state index < -0.39 is 32.3 Å². The van der Waals surface area contributed by atoms with Crippen LogP contribution in [0.15, 0.2) is 65.7 Å². The van der Waals surface area contributed by atoms with Gasteiger partial charge in [0.25, 0.3) is 21.9 Å². The molecule has 162 valence electrons. The van der Waals surface area contributed by atoms with Crippen LogP contribution in [0.4, 0.5) is 20.2 Å². The quantitative estimate of drug-likeness (QED) is 0.478. The van der Waals surface area contributed by atoms with Gasteiger partial charge in [-0.05, 0) is 36.4 Å². The molecule has 0 unspecified atom stereocenters. The van der Waals surface area contributed by atoms with E-state index in [0.717, 1.165) is 18.2 Å². The van der Waals surface area contributed by atoms with Crippen molar-refractivity contribution in [3.8, 4) is 0 Å². The summed E-state index contributed by atoms with van der Waals surface area (Å²) in [6.45, 7) is 0.602. The lowest BCUT2D eigenvalue weighted by molar-refractivity contribution is 0.0174. The smallest absolute Gasteiger partial charge is 0.276 e. The summed E-state index contributed by atoms with van der Waals surface area (Å²) in [5, 5.41) is 2.37. The SMILES string of the molecule is CC(F)(F)c1cc(S(=O)(=O)Nc2cc(Cl)cnc2C(=O)Nc2ccccc2)ccc1Cl. The van der Waals surface area contributed by atoms with Gasteiger partial charge in [-0.2, -0.15) is 0 Å². The number of amides is 1. The number of carbonyl (C=O) groups excluding carboxylic acids is 1. The van der Waals surface area contributed by atoms with Crippen LogP contribution >= 0.6 is 23.2 Å². The molecule has 3 aromatic rings. The number of hydrogen-bond acceptors (Lipinski definition) is 4. The summed E-state index contributed by atoms with van der Waals surface area (Å²) in [6, 6.07) is 12.5. The molecule has 1 amide bonds. The van der Waals surface area contributed by atoms with Crippen LogP contribution in [0, 0.1) is 0 Å². The van der Waals surface area contributed by atoms with E-state index in [0.29, 0.717) is 12.6 Å². The number of nitrogens with zero attached hydrogens (tertiary/aromatic N) is 1. The highest BCUT2D eigenvalue weighted by atomic mass is 35.5. The number of rotatable bonds is 6. The van der Waals surface area contributed by atoms with E-state index in [9.17, 15) is 22.0 Å². The Labute approximate surface area is 187 Å². The molecule has 0 saturated heterocycles. The largest absolute Gasteiger partial charge is 0.321 e. The van der Waals surface area contributed by atoms with Gasteiger partial charge in [0.2, 0.25) is 0 Å². The molecule has 0 aliphatic heterocycles. The average molecular weight is 486 g/mol. The standard InChI is InChI=1S/C20H15Cl2F2N3O3S/c1-20(23,24)15-10-14(7-8-16(15)22)31(29,30)27-17-9-12(21)11-25-18(17)19(28)26-13-5-3-2-4-6-13/h2-11,27H,1H3,(H,26,28). The Hall–Kier alpha value is -2.75. The molecule has 0 atom stereocenters. The number of pyridine rings is 1. The maximum absolute atomic E-state index is 13.8. The van der Waals surface area contributed by atoms with Gasteiger partial charge in [0, 0.05) is 29.4 Å². The molecule has 2 N–H and O–H groups in total. The molecular formula is C20H15Cl2F2N3O3S. The number of aromatic nitrogens is 1. The lowest BCUT2D eigenvalue weighted by Gasteiger charge is -2.16. The zero-order valence-electron chi connectivity index (χ0n) is 15.9. The Morgan fingerprint density at radius 1 is 1.06 bits per heavy atom. The molecule has 2 aromatic carbocycles. The minimum absolute atomic E-state index is 0.0610. The highest BCUT2D eigenvalue weighted by Gasteiger charge is 2.30. The minimum atomic E-state index is -4.38. The fourth-order valence-electron chi connectivity index (χ4n) is 2.62. The van der Waals surface area contributed by atoms with E-state index in [2.05, 4.69) is 15.0 Å². The van der Waals surface area contributed by atoms with Crippen LogP contribution in [0.2, 0.25) is 10.0 Å². The van der Waals surface area contributed by atoms with Crippen LogP contribution in [-0.2, 0) is 15.9 Å². The Bertz CT molecular complexity index is 1230.